The zero-order valence-corrected chi connectivity index (χ0v) is 11.4. The number of hydrogen-bond donors (Lipinski definition) is 1. The third-order valence-electron chi connectivity index (χ3n) is 4.44. The van der Waals surface area contributed by atoms with Gasteiger partial charge in [-0.3, -0.25) is 0 Å². The maximum absolute atomic E-state index is 5.23. The highest BCUT2D eigenvalue weighted by Crippen LogP contribution is 2.43. The molecule has 18 heavy (non-hydrogen) atoms. The van der Waals surface area contributed by atoms with E-state index in [9.17, 15) is 0 Å². The standard InChI is InChI=1S/C16H23NO/c1-11-9-14(11)10-17-16(12-3-4-12)13-5-7-15(18-2)8-6-13/h5-8,11-12,14,16-17H,3-4,9-10H2,1-2H3. The van der Waals surface area contributed by atoms with Gasteiger partial charge in [0.15, 0.2) is 0 Å². The van der Waals surface area contributed by atoms with Crippen LogP contribution in [0.5, 0.6) is 5.75 Å². The Morgan fingerprint density at radius 1 is 1.28 bits per heavy atom. The van der Waals surface area contributed by atoms with Crippen LogP contribution >= 0.6 is 0 Å². The Bertz CT molecular complexity index is 396. The summed E-state index contributed by atoms with van der Waals surface area (Å²) in [6, 6.07) is 9.14. The molecule has 3 unspecified atom stereocenters. The van der Waals surface area contributed by atoms with Crippen molar-refractivity contribution in [1.82, 2.24) is 5.32 Å². The molecule has 0 aromatic heterocycles. The van der Waals surface area contributed by atoms with Crippen molar-refractivity contribution in [2.45, 2.75) is 32.2 Å². The van der Waals surface area contributed by atoms with Crippen molar-refractivity contribution in [2.75, 3.05) is 13.7 Å². The normalized spacial score (nSPS) is 27.9. The van der Waals surface area contributed by atoms with E-state index in [1.807, 2.05) is 0 Å². The molecule has 1 N–H and O–H groups in total. The van der Waals surface area contributed by atoms with Crippen LogP contribution in [0.15, 0.2) is 24.3 Å². The highest BCUT2D eigenvalue weighted by molar-refractivity contribution is 5.30. The van der Waals surface area contributed by atoms with E-state index >= 15 is 0 Å². The molecule has 2 nitrogen and oxygen atoms in total. The predicted octanol–water partition coefficient (Wildman–Crippen LogP) is 3.39. The summed E-state index contributed by atoms with van der Waals surface area (Å²) in [5, 5.41) is 3.79. The van der Waals surface area contributed by atoms with Gasteiger partial charge in [-0.1, -0.05) is 19.1 Å². The maximum atomic E-state index is 5.23. The molecule has 2 heteroatoms. The van der Waals surface area contributed by atoms with Crippen LogP contribution in [-0.4, -0.2) is 13.7 Å². The first-order valence-electron chi connectivity index (χ1n) is 7.15. The Kier molecular flexibility index (Phi) is 3.29. The van der Waals surface area contributed by atoms with Gasteiger partial charge in [0, 0.05) is 6.04 Å². The van der Waals surface area contributed by atoms with Crippen LogP contribution in [0.2, 0.25) is 0 Å². The number of hydrogen-bond acceptors (Lipinski definition) is 2. The van der Waals surface area contributed by atoms with Gasteiger partial charge in [-0.25, -0.2) is 0 Å². The van der Waals surface area contributed by atoms with Crippen LogP contribution in [0.4, 0.5) is 0 Å². The Morgan fingerprint density at radius 3 is 2.44 bits per heavy atom. The van der Waals surface area contributed by atoms with Gasteiger partial charge in [0.25, 0.3) is 0 Å². The quantitative estimate of drug-likeness (QED) is 0.829. The van der Waals surface area contributed by atoms with E-state index < -0.39 is 0 Å². The molecule has 0 bridgehead atoms. The fourth-order valence-corrected chi connectivity index (χ4v) is 2.76. The molecule has 0 aliphatic heterocycles. The van der Waals surface area contributed by atoms with Crippen molar-refractivity contribution in [3.05, 3.63) is 29.8 Å². The molecular weight excluding hydrogens is 222 g/mol. The lowest BCUT2D eigenvalue weighted by molar-refractivity contribution is 0.413. The lowest BCUT2D eigenvalue weighted by atomic mass is 10.0. The number of ether oxygens (including phenoxy) is 1. The average molecular weight is 245 g/mol. The van der Waals surface area contributed by atoms with Gasteiger partial charge < -0.3 is 10.1 Å². The SMILES string of the molecule is COc1ccc(C(NCC2CC2C)C2CC2)cc1. The number of benzene rings is 1. The minimum atomic E-state index is 0.559. The average Bonchev–Trinajstić information content (AvgIpc) is 3.29. The number of nitrogens with one attached hydrogen (secondary N) is 1. The summed E-state index contributed by atoms with van der Waals surface area (Å²) in [7, 11) is 1.72. The van der Waals surface area contributed by atoms with E-state index in [4.69, 9.17) is 4.74 Å². The first kappa shape index (κ1) is 12.0. The van der Waals surface area contributed by atoms with Crippen molar-refractivity contribution in [3.63, 3.8) is 0 Å². The molecule has 2 fully saturated rings. The second-order valence-corrected chi connectivity index (χ2v) is 5.97. The van der Waals surface area contributed by atoms with E-state index in [0.29, 0.717) is 6.04 Å². The van der Waals surface area contributed by atoms with E-state index in [1.165, 1.54) is 31.4 Å². The van der Waals surface area contributed by atoms with Crippen molar-refractivity contribution < 1.29 is 4.74 Å². The second kappa shape index (κ2) is 4.93. The van der Waals surface area contributed by atoms with Crippen LogP contribution < -0.4 is 10.1 Å². The summed E-state index contributed by atoms with van der Waals surface area (Å²) in [4.78, 5) is 0. The third kappa shape index (κ3) is 2.69. The monoisotopic (exact) mass is 245 g/mol. The van der Waals surface area contributed by atoms with Gasteiger partial charge in [-0.15, -0.1) is 0 Å². The van der Waals surface area contributed by atoms with Gasteiger partial charge in [0.1, 0.15) is 5.75 Å². The highest BCUT2D eigenvalue weighted by atomic mass is 16.5. The Balaban J connectivity index is 1.64. The van der Waals surface area contributed by atoms with Crippen molar-refractivity contribution >= 4 is 0 Å². The molecule has 3 rings (SSSR count). The summed E-state index contributed by atoms with van der Waals surface area (Å²) in [5.41, 5.74) is 1.42. The summed E-state index contributed by atoms with van der Waals surface area (Å²) >= 11 is 0. The van der Waals surface area contributed by atoms with Crippen molar-refractivity contribution in [2.24, 2.45) is 17.8 Å². The molecule has 0 heterocycles. The minimum Gasteiger partial charge on any atom is -0.497 e. The molecule has 1 aromatic carbocycles. The van der Waals surface area contributed by atoms with E-state index in [1.54, 1.807) is 7.11 Å². The fraction of sp³-hybridized carbons (Fsp3) is 0.625. The van der Waals surface area contributed by atoms with Crippen LogP contribution in [-0.2, 0) is 0 Å². The molecule has 0 saturated heterocycles. The third-order valence-corrected chi connectivity index (χ3v) is 4.44. The maximum Gasteiger partial charge on any atom is 0.118 e. The van der Waals surface area contributed by atoms with Gasteiger partial charge in [-0.05, 0) is 61.3 Å². The van der Waals surface area contributed by atoms with Gasteiger partial charge in [0.2, 0.25) is 0 Å². The van der Waals surface area contributed by atoms with Crippen LogP contribution in [0.25, 0.3) is 0 Å². The first-order valence-corrected chi connectivity index (χ1v) is 7.15. The van der Waals surface area contributed by atoms with Crippen LogP contribution in [0.3, 0.4) is 0 Å². The van der Waals surface area contributed by atoms with E-state index in [2.05, 4.69) is 36.5 Å². The predicted molar refractivity (Wildman–Crippen MR) is 73.7 cm³/mol. The molecule has 0 spiro atoms. The molecule has 2 aliphatic rings. The summed E-state index contributed by atoms with van der Waals surface area (Å²) in [5.74, 6) is 3.66. The summed E-state index contributed by atoms with van der Waals surface area (Å²) in [6.07, 6.45) is 4.17. The minimum absolute atomic E-state index is 0.559. The van der Waals surface area contributed by atoms with Gasteiger partial charge in [-0.2, -0.15) is 0 Å². The first-order chi connectivity index (χ1) is 8.78. The lowest BCUT2D eigenvalue weighted by Crippen LogP contribution is -2.25. The molecule has 3 atom stereocenters. The lowest BCUT2D eigenvalue weighted by Gasteiger charge is -2.19. The van der Waals surface area contributed by atoms with Gasteiger partial charge >= 0.3 is 0 Å². The van der Waals surface area contributed by atoms with Crippen molar-refractivity contribution in [3.8, 4) is 5.75 Å². The number of rotatable bonds is 6. The largest absolute Gasteiger partial charge is 0.497 e. The van der Waals surface area contributed by atoms with Crippen LogP contribution in [0.1, 0.15) is 37.8 Å². The Labute approximate surface area is 110 Å². The number of methoxy groups -OCH3 is 1. The molecule has 98 valence electrons. The van der Waals surface area contributed by atoms with Crippen molar-refractivity contribution in [1.29, 1.82) is 0 Å². The second-order valence-electron chi connectivity index (χ2n) is 5.97. The molecule has 1 aromatic rings. The van der Waals surface area contributed by atoms with Crippen LogP contribution in [0, 0.1) is 17.8 Å². The highest BCUT2D eigenvalue weighted by Gasteiger charge is 2.36. The van der Waals surface area contributed by atoms with E-state index in [0.717, 1.165) is 23.5 Å². The molecular formula is C16H23NO. The zero-order valence-electron chi connectivity index (χ0n) is 11.4. The molecule has 2 aliphatic carbocycles. The Hall–Kier alpha value is -1.02. The molecule has 2 saturated carbocycles. The van der Waals surface area contributed by atoms with E-state index in [-0.39, 0.29) is 0 Å². The molecule has 0 radical (unpaired) electrons. The Morgan fingerprint density at radius 2 is 1.94 bits per heavy atom. The topological polar surface area (TPSA) is 21.3 Å². The smallest absolute Gasteiger partial charge is 0.118 e. The molecule has 0 amide bonds. The summed E-state index contributed by atoms with van der Waals surface area (Å²) in [6.45, 7) is 3.54. The fourth-order valence-electron chi connectivity index (χ4n) is 2.76. The summed E-state index contributed by atoms with van der Waals surface area (Å²) < 4.78 is 5.23. The van der Waals surface area contributed by atoms with Gasteiger partial charge in [0.05, 0.1) is 7.11 Å². The zero-order chi connectivity index (χ0) is 12.5.